The first-order chi connectivity index (χ1) is 16.4. The average molecular weight is 484 g/mol. The van der Waals surface area contributed by atoms with Gasteiger partial charge in [-0.1, -0.05) is 29.8 Å². The van der Waals surface area contributed by atoms with E-state index in [1.807, 2.05) is 43.3 Å². The zero-order valence-corrected chi connectivity index (χ0v) is 19.4. The van der Waals surface area contributed by atoms with Gasteiger partial charge in [0, 0.05) is 18.6 Å². The van der Waals surface area contributed by atoms with Crippen molar-refractivity contribution in [3.8, 4) is 23.0 Å². The van der Waals surface area contributed by atoms with E-state index < -0.39 is 22.0 Å². The molecule has 178 valence electrons. The normalized spacial score (nSPS) is 15.0. The third-order valence-electron chi connectivity index (χ3n) is 5.99. The second kappa shape index (κ2) is 9.17. The predicted octanol–water partition coefficient (Wildman–Crippen LogP) is 3.31. The number of ether oxygens (including phenoxy) is 4. The molecular formula is C25H25NO7S. The number of benzene rings is 3. The Balaban J connectivity index is 1.57. The monoisotopic (exact) mass is 483 g/mol. The lowest BCUT2D eigenvalue weighted by molar-refractivity contribution is 0.173. The van der Waals surface area contributed by atoms with Gasteiger partial charge in [0.2, 0.25) is 23.6 Å². The van der Waals surface area contributed by atoms with Crippen LogP contribution in [0.15, 0.2) is 65.6 Å². The Kier molecular flexibility index (Phi) is 6.07. The molecule has 34 heavy (non-hydrogen) atoms. The van der Waals surface area contributed by atoms with Gasteiger partial charge in [0.15, 0.2) is 23.0 Å². The Morgan fingerprint density at radius 3 is 1.88 bits per heavy atom. The highest BCUT2D eigenvalue weighted by Crippen LogP contribution is 2.41. The number of aryl methyl sites for hydroxylation is 1. The van der Waals surface area contributed by atoms with Crippen molar-refractivity contribution in [3.63, 3.8) is 0 Å². The highest BCUT2D eigenvalue weighted by molar-refractivity contribution is 7.89. The predicted molar refractivity (Wildman–Crippen MR) is 124 cm³/mol. The fourth-order valence-electron chi connectivity index (χ4n) is 4.29. The average Bonchev–Trinajstić information content (AvgIpc) is 3.48. The summed E-state index contributed by atoms with van der Waals surface area (Å²) in [5.74, 6) is 2.00. The molecule has 3 aromatic rings. The van der Waals surface area contributed by atoms with E-state index in [1.54, 1.807) is 24.3 Å². The number of hydrogen-bond donors (Lipinski definition) is 2. The molecule has 0 saturated carbocycles. The molecule has 0 saturated heterocycles. The zero-order chi connectivity index (χ0) is 23.7. The minimum atomic E-state index is -3.86. The third-order valence-corrected chi connectivity index (χ3v) is 7.50. The quantitative estimate of drug-likeness (QED) is 0.507. The van der Waals surface area contributed by atoms with Crippen LogP contribution in [0.2, 0.25) is 0 Å². The molecule has 0 amide bonds. The second-order valence-corrected chi connectivity index (χ2v) is 9.97. The van der Waals surface area contributed by atoms with Gasteiger partial charge in [0.25, 0.3) is 0 Å². The van der Waals surface area contributed by atoms with Gasteiger partial charge in [-0.3, -0.25) is 0 Å². The number of aliphatic hydroxyl groups is 1. The molecule has 0 bridgehead atoms. The number of nitrogens with one attached hydrogen (secondary N) is 1. The molecule has 2 aliphatic rings. The van der Waals surface area contributed by atoms with Gasteiger partial charge in [-0.25, -0.2) is 13.1 Å². The van der Waals surface area contributed by atoms with Crippen molar-refractivity contribution < 1.29 is 32.5 Å². The van der Waals surface area contributed by atoms with Crippen molar-refractivity contribution in [2.45, 2.75) is 30.2 Å². The van der Waals surface area contributed by atoms with Gasteiger partial charge in [0.05, 0.1) is 4.90 Å². The van der Waals surface area contributed by atoms with E-state index >= 15 is 0 Å². The van der Waals surface area contributed by atoms with E-state index in [1.165, 1.54) is 0 Å². The molecular weight excluding hydrogens is 458 g/mol. The summed E-state index contributed by atoms with van der Waals surface area (Å²) in [6.45, 7) is 1.96. The standard InChI is InChI=1S/C25H25NO7S/c1-16-2-6-19(7-3-16)34(28,29)26-20(10-11-27)25(17-4-8-21-23(12-17)32-14-30-21)18-5-9-22-24(13-18)33-15-31-22/h2-9,12-13,20,25-27H,10-11,14-15H2,1H3/t20-/m0/s1. The van der Waals surface area contributed by atoms with Crippen molar-refractivity contribution in [1.29, 1.82) is 0 Å². The summed E-state index contributed by atoms with van der Waals surface area (Å²) in [6.07, 6.45) is 0.193. The van der Waals surface area contributed by atoms with Gasteiger partial charge in [-0.05, 0) is 60.9 Å². The van der Waals surface area contributed by atoms with E-state index in [-0.39, 0.29) is 31.5 Å². The van der Waals surface area contributed by atoms with Gasteiger partial charge in [-0.15, -0.1) is 0 Å². The highest BCUT2D eigenvalue weighted by Gasteiger charge is 2.32. The van der Waals surface area contributed by atoms with Crippen LogP contribution in [0.1, 0.15) is 29.0 Å². The second-order valence-electron chi connectivity index (χ2n) is 8.26. The molecule has 2 heterocycles. The summed E-state index contributed by atoms with van der Waals surface area (Å²) in [5.41, 5.74) is 2.59. The Bertz CT molecular complexity index is 1230. The topological polar surface area (TPSA) is 103 Å². The largest absolute Gasteiger partial charge is 0.454 e. The lowest BCUT2D eigenvalue weighted by Gasteiger charge is -2.29. The molecule has 5 rings (SSSR count). The number of fused-ring (bicyclic) bond motifs is 2. The van der Waals surface area contributed by atoms with Gasteiger partial charge in [0.1, 0.15) is 0 Å². The van der Waals surface area contributed by atoms with Crippen LogP contribution in [0.25, 0.3) is 0 Å². The first-order valence-corrected chi connectivity index (χ1v) is 12.4. The Morgan fingerprint density at radius 2 is 1.35 bits per heavy atom. The van der Waals surface area contributed by atoms with E-state index in [0.717, 1.165) is 16.7 Å². The number of aliphatic hydroxyl groups excluding tert-OH is 1. The maximum absolute atomic E-state index is 13.3. The fourth-order valence-corrected chi connectivity index (χ4v) is 5.57. The minimum absolute atomic E-state index is 0.133. The van der Waals surface area contributed by atoms with E-state index in [0.29, 0.717) is 23.0 Å². The number of hydrogen-bond acceptors (Lipinski definition) is 7. The Hall–Kier alpha value is -3.27. The lowest BCUT2D eigenvalue weighted by atomic mass is 9.84. The van der Waals surface area contributed by atoms with Crippen LogP contribution in [-0.2, 0) is 10.0 Å². The van der Waals surface area contributed by atoms with Crippen molar-refractivity contribution in [1.82, 2.24) is 4.72 Å². The van der Waals surface area contributed by atoms with Gasteiger partial charge in [-0.2, -0.15) is 0 Å². The first kappa shape index (κ1) is 22.5. The molecule has 3 aromatic carbocycles. The summed E-state index contributed by atoms with van der Waals surface area (Å²) in [6, 6.07) is 17.1. The molecule has 0 aromatic heterocycles. The number of rotatable bonds is 8. The molecule has 0 unspecified atom stereocenters. The summed E-state index contributed by atoms with van der Waals surface area (Å²) in [7, 11) is -3.86. The molecule has 0 fully saturated rings. The Labute approximate surface area is 198 Å². The van der Waals surface area contributed by atoms with Crippen molar-refractivity contribution in [2.24, 2.45) is 0 Å². The van der Waals surface area contributed by atoms with Crippen LogP contribution in [0, 0.1) is 6.92 Å². The molecule has 2 N–H and O–H groups in total. The maximum atomic E-state index is 13.3. The molecule has 2 aliphatic heterocycles. The van der Waals surface area contributed by atoms with Crippen LogP contribution in [0.4, 0.5) is 0 Å². The fraction of sp³-hybridized carbons (Fsp3) is 0.280. The molecule has 0 spiro atoms. The SMILES string of the molecule is Cc1ccc(S(=O)(=O)N[C@@H](CCO)C(c2ccc3c(c2)OCO3)c2ccc3c(c2)OCO3)cc1. The molecule has 9 heteroatoms. The summed E-state index contributed by atoms with van der Waals surface area (Å²) in [5, 5.41) is 9.87. The summed E-state index contributed by atoms with van der Waals surface area (Å²) < 4.78 is 51.4. The van der Waals surface area contributed by atoms with Crippen molar-refractivity contribution in [3.05, 3.63) is 77.4 Å². The highest BCUT2D eigenvalue weighted by atomic mass is 32.2. The van der Waals surface area contributed by atoms with Crippen LogP contribution >= 0.6 is 0 Å². The lowest BCUT2D eigenvalue weighted by Crippen LogP contribution is -2.40. The maximum Gasteiger partial charge on any atom is 0.240 e. The van der Waals surface area contributed by atoms with E-state index in [4.69, 9.17) is 18.9 Å². The summed E-state index contributed by atoms with van der Waals surface area (Å²) >= 11 is 0. The van der Waals surface area contributed by atoms with Crippen LogP contribution in [0.5, 0.6) is 23.0 Å². The molecule has 8 nitrogen and oxygen atoms in total. The van der Waals surface area contributed by atoms with Crippen molar-refractivity contribution >= 4 is 10.0 Å². The number of sulfonamides is 1. The zero-order valence-electron chi connectivity index (χ0n) is 18.6. The van der Waals surface area contributed by atoms with Gasteiger partial charge < -0.3 is 24.1 Å². The first-order valence-electron chi connectivity index (χ1n) is 10.9. The van der Waals surface area contributed by atoms with Crippen molar-refractivity contribution in [2.75, 3.05) is 20.2 Å². The smallest absolute Gasteiger partial charge is 0.240 e. The molecule has 0 radical (unpaired) electrons. The minimum Gasteiger partial charge on any atom is -0.454 e. The summed E-state index contributed by atoms with van der Waals surface area (Å²) in [4.78, 5) is 0.163. The van der Waals surface area contributed by atoms with E-state index in [9.17, 15) is 13.5 Å². The van der Waals surface area contributed by atoms with Crippen LogP contribution < -0.4 is 23.7 Å². The molecule has 0 aliphatic carbocycles. The van der Waals surface area contributed by atoms with Crippen LogP contribution in [0.3, 0.4) is 0 Å². The Morgan fingerprint density at radius 1 is 0.824 bits per heavy atom. The third kappa shape index (κ3) is 4.42. The van der Waals surface area contributed by atoms with Crippen LogP contribution in [-0.4, -0.2) is 39.8 Å². The molecule has 1 atom stereocenters. The van der Waals surface area contributed by atoms with E-state index in [2.05, 4.69) is 4.72 Å². The van der Waals surface area contributed by atoms with Gasteiger partial charge >= 0.3 is 0 Å².